The Balaban J connectivity index is 2.49. The molecule has 0 aliphatic heterocycles. The molecule has 2 aromatic rings. The van der Waals surface area contributed by atoms with Gasteiger partial charge < -0.3 is 10.2 Å². The summed E-state index contributed by atoms with van der Waals surface area (Å²) in [4.78, 5) is 21.8. The molecular formula is C16H8F6O4S2. The van der Waals surface area contributed by atoms with Crippen LogP contribution in [-0.2, 0) is 12.4 Å². The smallest absolute Gasteiger partial charge is 0.417 e. The molecule has 2 rings (SSSR count). The maximum absolute atomic E-state index is 13.0. The van der Waals surface area contributed by atoms with Crippen LogP contribution in [0.2, 0.25) is 0 Å². The van der Waals surface area contributed by atoms with Gasteiger partial charge in [0.05, 0.1) is 22.3 Å². The number of aromatic carboxylic acids is 2. The zero-order valence-electron chi connectivity index (χ0n) is 13.3. The summed E-state index contributed by atoms with van der Waals surface area (Å²) in [6.45, 7) is 0. The largest absolute Gasteiger partial charge is 0.478 e. The van der Waals surface area contributed by atoms with Crippen LogP contribution in [0.25, 0.3) is 0 Å². The summed E-state index contributed by atoms with van der Waals surface area (Å²) in [6.07, 6.45) is -9.92. The average molecular weight is 442 g/mol. The van der Waals surface area contributed by atoms with E-state index in [1.807, 2.05) is 0 Å². The third kappa shape index (κ3) is 4.73. The van der Waals surface area contributed by atoms with Crippen LogP contribution in [0.1, 0.15) is 31.8 Å². The highest BCUT2D eigenvalue weighted by Gasteiger charge is 2.38. The summed E-state index contributed by atoms with van der Waals surface area (Å²) >= 11 is 0. The Morgan fingerprint density at radius 3 is 1.25 bits per heavy atom. The van der Waals surface area contributed by atoms with Crippen molar-refractivity contribution in [1.82, 2.24) is 0 Å². The molecule has 0 bridgehead atoms. The Morgan fingerprint density at radius 2 is 1.00 bits per heavy atom. The number of carbonyl (C=O) groups is 2. The van der Waals surface area contributed by atoms with Crippen LogP contribution >= 0.6 is 21.6 Å². The molecule has 0 heterocycles. The highest BCUT2D eigenvalue weighted by Crippen LogP contribution is 2.45. The normalized spacial score (nSPS) is 12.1. The van der Waals surface area contributed by atoms with Crippen LogP contribution in [0.3, 0.4) is 0 Å². The fourth-order valence-corrected chi connectivity index (χ4v) is 4.59. The summed E-state index contributed by atoms with van der Waals surface area (Å²) in [6, 6.07) is 5.11. The van der Waals surface area contributed by atoms with Crippen LogP contribution < -0.4 is 0 Å². The second-order valence-corrected chi connectivity index (χ2v) is 7.34. The highest BCUT2D eigenvalue weighted by molar-refractivity contribution is 8.76. The second kappa shape index (κ2) is 7.95. The van der Waals surface area contributed by atoms with Gasteiger partial charge >= 0.3 is 24.3 Å². The van der Waals surface area contributed by atoms with Crippen molar-refractivity contribution in [2.75, 3.05) is 0 Å². The second-order valence-electron chi connectivity index (χ2n) is 5.13. The van der Waals surface area contributed by atoms with Gasteiger partial charge in [-0.25, -0.2) is 9.59 Å². The van der Waals surface area contributed by atoms with Gasteiger partial charge in [0.1, 0.15) is 0 Å². The lowest BCUT2D eigenvalue weighted by Crippen LogP contribution is -2.14. The molecule has 4 nitrogen and oxygen atoms in total. The monoisotopic (exact) mass is 442 g/mol. The van der Waals surface area contributed by atoms with Gasteiger partial charge in [-0.1, -0.05) is 33.7 Å². The Morgan fingerprint density at radius 1 is 0.679 bits per heavy atom. The molecule has 28 heavy (non-hydrogen) atoms. The molecule has 0 spiro atoms. The van der Waals surface area contributed by atoms with Crippen LogP contribution in [0.5, 0.6) is 0 Å². The molecule has 0 radical (unpaired) electrons. The van der Waals surface area contributed by atoms with Crippen molar-refractivity contribution in [2.45, 2.75) is 22.1 Å². The third-order valence-corrected chi connectivity index (χ3v) is 5.76. The maximum atomic E-state index is 13.0. The van der Waals surface area contributed by atoms with Crippen molar-refractivity contribution in [3.05, 3.63) is 58.7 Å². The molecule has 0 amide bonds. The predicted octanol–water partition coefficient (Wildman–Crippen LogP) is 5.92. The molecule has 0 atom stereocenters. The molecular weight excluding hydrogens is 434 g/mol. The first-order valence-corrected chi connectivity index (χ1v) is 9.20. The van der Waals surface area contributed by atoms with E-state index >= 15 is 0 Å². The number of halogens is 6. The molecule has 150 valence electrons. The Bertz CT molecular complexity index is 849. The summed E-state index contributed by atoms with van der Waals surface area (Å²) in [5.41, 5.74) is -4.99. The lowest BCUT2D eigenvalue weighted by atomic mass is 10.1. The van der Waals surface area contributed by atoms with Gasteiger partial charge in [0.2, 0.25) is 0 Å². The van der Waals surface area contributed by atoms with Crippen molar-refractivity contribution in [2.24, 2.45) is 0 Å². The van der Waals surface area contributed by atoms with Crippen molar-refractivity contribution in [1.29, 1.82) is 0 Å². The number of benzene rings is 2. The molecule has 0 fully saturated rings. The van der Waals surface area contributed by atoms with Gasteiger partial charge in [-0.05, 0) is 24.3 Å². The molecule has 0 aliphatic carbocycles. The fraction of sp³-hybridized carbons (Fsp3) is 0.125. The van der Waals surface area contributed by atoms with Crippen molar-refractivity contribution < 1.29 is 46.1 Å². The molecule has 0 saturated heterocycles. The SMILES string of the molecule is O=C(O)c1c(SSc2cccc(C(F)(F)F)c2C(=O)O)cccc1C(F)(F)F. The highest BCUT2D eigenvalue weighted by atomic mass is 33.1. The van der Waals surface area contributed by atoms with Gasteiger partial charge in [-0.15, -0.1) is 0 Å². The van der Waals surface area contributed by atoms with Crippen molar-refractivity contribution in [3.8, 4) is 0 Å². The van der Waals surface area contributed by atoms with Gasteiger partial charge in [0, 0.05) is 9.79 Å². The van der Waals surface area contributed by atoms with Crippen LogP contribution in [0.4, 0.5) is 26.3 Å². The Kier molecular flexibility index (Phi) is 6.24. The van der Waals surface area contributed by atoms with Crippen LogP contribution in [-0.4, -0.2) is 22.2 Å². The van der Waals surface area contributed by atoms with Gasteiger partial charge in [0.25, 0.3) is 0 Å². The predicted molar refractivity (Wildman–Crippen MR) is 88.5 cm³/mol. The van der Waals surface area contributed by atoms with E-state index in [4.69, 9.17) is 10.2 Å². The first-order valence-electron chi connectivity index (χ1n) is 7.05. The number of carboxylic acids is 2. The quantitative estimate of drug-likeness (QED) is 0.442. The van der Waals surface area contributed by atoms with Crippen LogP contribution in [0.15, 0.2) is 46.2 Å². The molecule has 0 saturated carbocycles. The molecule has 2 aromatic carbocycles. The number of carboxylic acid groups (broad SMARTS) is 2. The maximum Gasteiger partial charge on any atom is 0.417 e. The standard InChI is InChI=1S/C16H8F6O4S2/c17-15(18,19)7-3-1-5-9(11(7)13(23)24)27-28-10-6-2-4-8(16(20,21)22)12(10)14(25)26/h1-6H,(H,23,24)(H,25,26). The Hall–Kier alpha value is -2.34. The molecule has 12 heteroatoms. The molecule has 0 aliphatic rings. The van der Waals surface area contributed by atoms with E-state index in [-0.39, 0.29) is 9.79 Å². The number of alkyl halides is 6. The van der Waals surface area contributed by atoms with E-state index in [1.165, 1.54) is 0 Å². The van der Waals surface area contributed by atoms with Gasteiger partial charge in [0.15, 0.2) is 0 Å². The number of hydrogen-bond acceptors (Lipinski definition) is 4. The molecule has 0 aromatic heterocycles. The minimum Gasteiger partial charge on any atom is -0.478 e. The average Bonchev–Trinajstić information content (AvgIpc) is 2.57. The first kappa shape index (κ1) is 22.0. The van der Waals surface area contributed by atoms with Crippen LogP contribution in [0, 0.1) is 0 Å². The minimum atomic E-state index is -4.96. The zero-order chi connectivity index (χ0) is 21.3. The Labute approximate surface area is 160 Å². The van der Waals surface area contributed by atoms with E-state index in [9.17, 15) is 35.9 Å². The van der Waals surface area contributed by atoms with Crippen molar-refractivity contribution >= 4 is 33.5 Å². The van der Waals surface area contributed by atoms with Crippen molar-refractivity contribution in [3.63, 3.8) is 0 Å². The minimum absolute atomic E-state index is 0.388. The van der Waals surface area contributed by atoms with E-state index < -0.39 is 46.5 Å². The third-order valence-electron chi connectivity index (χ3n) is 3.31. The zero-order valence-corrected chi connectivity index (χ0v) is 14.9. The van der Waals surface area contributed by atoms with Gasteiger partial charge in [-0.2, -0.15) is 26.3 Å². The lowest BCUT2D eigenvalue weighted by Gasteiger charge is -2.15. The van der Waals surface area contributed by atoms with E-state index in [1.54, 1.807) is 0 Å². The summed E-state index contributed by atoms with van der Waals surface area (Å²) in [5, 5.41) is 18.3. The molecule has 2 N–H and O–H groups in total. The van der Waals surface area contributed by atoms with E-state index in [0.29, 0.717) is 33.7 Å². The number of rotatable bonds is 5. The van der Waals surface area contributed by atoms with E-state index in [0.717, 1.165) is 24.3 Å². The summed E-state index contributed by atoms with van der Waals surface area (Å²) in [7, 11) is 0.830. The first-order chi connectivity index (χ1) is 12.8. The topological polar surface area (TPSA) is 74.6 Å². The lowest BCUT2D eigenvalue weighted by molar-refractivity contribution is -0.139. The summed E-state index contributed by atoms with van der Waals surface area (Å²) in [5.74, 6) is -3.75. The fourth-order valence-electron chi connectivity index (χ4n) is 2.20. The summed E-state index contributed by atoms with van der Waals surface area (Å²) < 4.78 is 78.1. The van der Waals surface area contributed by atoms with E-state index in [2.05, 4.69) is 0 Å². The van der Waals surface area contributed by atoms with Gasteiger partial charge in [-0.3, -0.25) is 0 Å². The number of hydrogen-bond donors (Lipinski definition) is 2. The molecule has 0 unspecified atom stereocenters.